The molecule has 0 aliphatic rings. The second kappa shape index (κ2) is 8.28. The van der Waals surface area contributed by atoms with Gasteiger partial charge in [0.2, 0.25) is 11.6 Å². The highest BCUT2D eigenvalue weighted by molar-refractivity contribution is 7.98. The second-order valence-electron chi connectivity index (χ2n) is 6.36. The van der Waals surface area contributed by atoms with E-state index in [2.05, 4.69) is 10.3 Å². The molecule has 3 aromatic rings. The number of rotatable bonds is 5. The molecule has 9 heteroatoms. The number of halogens is 3. The lowest BCUT2D eigenvalue weighted by Crippen LogP contribution is -2.38. The minimum atomic E-state index is -4.92. The van der Waals surface area contributed by atoms with E-state index in [0.29, 0.717) is 0 Å². The van der Waals surface area contributed by atoms with Crippen LogP contribution in [0.25, 0.3) is 11.0 Å². The summed E-state index contributed by atoms with van der Waals surface area (Å²) in [5, 5.41) is 2.68. The maximum absolute atomic E-state index is 13.3. The molecule has 0 fully saturated rings. The van der Waals surface area contributed by atoms with Gasteiger partial charge in [-0.25, -0.2) is 4.98 Å². The van der Waals surface area contributed by atoms with Crippen molar-refractivity contribution in [1.29, 1.82) is 0 Å². The van der Waals surface area contributed by atoms with Gasteiger partial charge in [0, 0.05) is 11.4 Å². The van der Waals surface area contributed by atoms with Crippen LogP contribution in [0, 0.1) is 0 Å². The number of hydrogen-bond acceptors (Lipinski definition) is 4. The molecular formula is C20H18F3N3O2S. The van der Waals surface area contributed by atoms with Crippen LogP contribution in [0.1, 0.15) is 24.2 Å². The summed E-state index contributed by atoms with van der Waals surface area (Å²) in [6, 6.07) is 12.3. The SMILES string of the molecule is CSc1ccc(CNC(=O)[C@@H](C)n2c(=O)c(C(F)(F)F)nc3ccccc32)cc1. The summed E-state index contributed by atoms with van der Waals surface area (Å²) in [5.41, 5.74) is -1.89. The van der Waals surface area contributed by atoms with Gasteiger partial charge in [-0.05, 0) is 43.0 Å². The first-order valence-electron chi connectivity index (χ1n) is 8.71. The van der Waals surface area contributed by atoms with Crippen LogP contribution in [0.3, 0.4) is 0 Å². The number of amides is 1. The number of carbonyl (C=O) groups excluding carboxylic acids is 1. The largest absolute Gasteiger partial charge is 0.438 e. The first kappa shape index (κ1) is 20.9. The molecule has 1 amide bonds. The third-order valence-electron chi connectivity index (χ3n) is 4.46. The Labute approximate surface area is 169 Å². The summed E-state index contributed by atoms with van der Waals surface area (Å²) in [6.45, 7) is 1.59. The van der Waals surface area contributed by atoms with Crippen LogP contribution in [0.2, 0.25) is 0 Å². The van der Waals surface area contributed by atoms with Gasteiger partial charge < -0.3 is 5.32 Å². The van der Waals surface area contributed by atoms with E-state index >= 15 is 0 Å². The summed E-state index contributed by atoms with van der Waals surface area (Å²) in [6.07, 6.45) is -2.97. The first-order chi connectivity index (χ1) is 13.7. The maximum atomic E-state index is 13.3. The van der Waals surface area contributed by atoms with Gasteiger partial charge in [0.25, 0.3) is 5.56 Å². The summed E-state index contributed by atoms with van der Waals surface area (Å²) in [4.78, 5) is 29.7. The first-order valence-corrected chi connectivity index (χ1v) is 9.94. The van der Waals surface area contributed by atoms with Crippen LogP contribution in [0.4, 0.5) is 13.2 Å². The van der Waals surface area contributed by atoms with Crippen molar-refractivity contribution in [2.24, 2.45) is 0 Å². The average Bonchev–Trinajstić information content (AvgIpc) is 2.70. The molecule has 0 bridgehead atoms. The Hall–Kier alpha value is -2.81. The molecule has 0 unspecified atom stereocenters. The van der Waals surface area contributed by atoms with Crippen molar-refractivity contribution in [2.45, 2.75) is 30.6 Å². The fraction of sp³-hybridized carbons (Fsp3) is 0.250. The average molecular weight is 421 g/mol. The molecule has 0 saturated carbocycles. The van der Waals surface area contributed by atoms with Gasteiger partial charge in [-0.3, -0.25) is 14.2 Å². The Bertz CT molecular complexity index is 1090. The molecule has 2 aromatic carbocycles. The lowest BCUT2D eigenvalue weighted by atomic mass is 10.2. The molecule has 0 saturated heterocycles. The van der Waals surface area contributed by atoms with E-state index in [0.717, 1.165) is 15.0 Å². The van der Waals surface area contributed by atoms with Crippen LogP contribution >= 0.6 is 11.8 Å². The van der Waals surface area contributed by atoms with Crippen molar-refractivity contribution in [1.82, 2.24) is 14.9 Å². The van der Waals surface area contributed by atoms with Gasteiger partial charge in [-0.2, -0.15) is 13.2 Å². The Balaban J connectivity index is 1.92. The monoisotopic (exact) mass is 421 g/mol. The molecule has 152 valence electrons. The molecule has 5 nitrogen and oxygen atoms in total. The lowest BCUT2D eigenvalue weighted by Gasteiger charge is -2.19. The Kier molecular flexibility index (Phi) is 5.97. The fourth-order valence-electron chi connectivity index (χ4n) is 2.92. The zero-order valence-corrected chi connectivity index (χ0v) is 16.5. The molecule has 3 rings (SSSR count). The predicted octanol–water partition coefficient (Wildman–Crippen LogP) is 4.01. The number of fused-ring (bicyclic) bond motifs is 1. The van der Waals surface area contributed by atoms with Crippen LogP contribution < -0.4 is 10.9 Å². The van der Waals surface area contributed by atoms with Crippen LogP contribution in [0.15, 0.2) is 58.2 Å². The highest BCUT2D eigenvalue weighted by Crippen LogP contribution is 2.27. The molecule has 0 aliphatic heterocycles. The molecule has 29 heavy (non-hydrogen) atoms. The fourth-order valence-corrected chi connectivity index (χ4v) is 3.33. The summed E-state index contributed by atoms with van der Waals surface area (Å²) >= 11 is 1.59. The highest BCUT2D eigenvalue weighted by atomic mass is 32.2. The number of para-hydroxylation sites is 2. The number of nitrogens with one attached hydrogen (secondary N) is 1. The number of carbonyl (C=O) groups is 1. The molecule has 0 aliphatic carbocycles. The van der Waals surface area contributed by atoms with Crippen molar-refractivity contribution < 1.29 is 18.0 Å². The second-order valence-corrected chi connectivity index (χ2v) is 7.24. The number of benzene rings is 2. The molecule has 1 aromatic heterocycles. The van der Waals surface area contributed by atoms with Gasteiger partial charge >= 0.3 is 6.18 Å². The van der Waals surface area contributed by atoms with Crippen molar-refractivity contribution in [3.8, 4) is 0 Å². The molecule has 0 radical (unpaired) electrons. The van der Waals surface area contributed by atoms with E-state index in [1.165, 1.54) is 25.1 Å². The van der Waals surface area contributed by atoms with Crippen LogP contribution in [-0.4, -0.2) is 21.7 Å². The molecule has 1 heterocycles. The number of alkyl halides is 3. The Morgan fingerprint density at radius 1 is 1.17 bits per heavy atom. The van der Waals surface area contributed by atoms with Crippen LogP contribution in [0.5, 0.6) is 0 Å². The zero-order valence-electron chi connectivity index (χ0n) is 15.7. The van der Waals surface area contributed by atoms with E-state index in [4.69, 9.17) is 0 Å². The van der Waals surface area contributed by atoms with E-state index in [-0.39, 0.29) is 17.6 Å². The topological polar surface area (TPSA) is 64.0 Å². The van der Waals surface area contributed by atoms with E-state index in [9.17, 15) is 22.8 Å². The summed E-state index contributed by atoms with van der Waals surface area (Å²) < 4.78 is 40.7. The van der Waals surface area contributed by atoms with Gasteiger partial charge in [0.15, 0.2) is 0 Å². The van der Waals surface area contributed by atoms with Crippen molar-refractivity contribution in [2.75, 3.05) is 6.26 Å². The van der Waals surface area contributed by atoms with E-state index < -0.39 is 29.4 Å². The van der Waals surface area contributed by atoms with Crippen molar-refractivity contribution in [3.63, 3.8) is 0 Å². The lowest BCUT2D eigenvalue weighted by molar-refractivity contribution is -0.142. The smallest absolute Gasteiger partial charge is 0.350 e. The zero-order chi connectivity index (χ0) is 21.2. The summed E-state index contributed by atoms with van der Waals surface area (Å²) in [5.74, 6) is -0.564. The molecule has 1 atom stereocenters. The van der Waals surface area contributed by atoms with Gasteiger partial charge in [-0.15, -0.1) is 11.8 Å². The quantitative estimate of drug-likeness (QED) is 0.632. The third kappa shape index (κ3) is 4.45. The van der Waals surface area contributed by atoms with Crippen molar-refractivity contribution >= 4 is 28.7 Å². The standard InChI is InChI=1S/C20H18F3N3O2S/c1-12(18(27)24-11-13-7-9-14(29-2)10-8-13)26-16-6-4-3-5-15(16)25-17(19(26)28)20(21,22)23/h3-10,12H,11H2,1-2H3,(H,24,27)/t12-/m1/s1. The third-order valence-corrected chi connectivity index (χ3v) is 5.20. The van der Waals surface area contributed by atoms with Gasteiger partial charge in [0.1, 0.15) is 6.04 Å². The number of aromatic nitrogens is 2. The normalized spacial score (nSPS) is 12.7. The van der Waals surface area contributed by atoms with Gasteiger partial charge in [0.05, 0.1) is 11.0 Å². The number of nitrogens with zero attached hydrogens (tertiary/aromatic N) is 2. The summed E-state index contributed by atoms with van der Waals surface area (Å²) in [7, 11) is 0. The number of hydrogen-bond donors (Lipinski definition) is 1. The Morgan fingerprint density at radius 3 is 2.45 bits per heavy atom. The Morgan fingerprint density at radius 2 is 1.83 bits per heavy atom. The van der Waals surface area contributed by atoms with Crippen molar-refractivity contribution in [3.05, 3.63) is 70.1 Å². The predicted molar refractivity (Wildman–Crippen MR) is 106 cm³/mol. The van der Waals surface area contributed by atoms with E-state index in [1.807, 2.05) is 30.5 Å². The van der Waals surface area contributed by atoms with Gasteiger partial charge in [-0.1, -0.05) is 24.3 Å². The van der Waals surface area contributed by atoms with E-state index in [1.54, 1.807) is 17.8 Å². The number of thioether (sulfide) groups is 1. The maximum Gasteiger partial charge on any atom is 0.438 e. The molecule has 0 spiro atoms. The minimum Gasteiger partial charge on any atom is -0.350 e. The highest BCUT2D eigenvalue weighted by Gasteiger charge is 2.38. The minimum absolute atomic E-state index is 0.00766. The molecule has 1 N–H and O–H groups in total. The molecular weight excluding hydrogens is 403 g/mol. The van der Waals surface area contributed by atoms with Crippen LogP contribution in [-0.2, 0) is 17.5 Å².